The number of carbonyl (C=O) groups excluding carboxylic acids is 1. The van der Waals surface area contributed by atoms with E-state index >= 15 is 0 Å². The largest absolute Gasteiger partial charge is 0.497 e. The molecule has 1 aromatic rings. The molecule has 0 amide bonds. The van der Waals surface area contributed by atoms with E-state index in [0.717, 1.165) is 30.6 Å². The number of hydrogen-bond donors (Lipinski definition) is 0. The van der Waals surface area contributed by atoms with E-state index in [4.69, 9.17) is 14.2 Å². The molecule has 132 valence electrons. The summed E-state index contributed by atoms with van der Waals surface area (Å²) in [6.07, 6.45) is 7.49. The molecule has 3 atom stereocenters. The number of ether oxygens (including phenoxy) is 3. The highest BCUT2D eigenvalue weighted by molar-refractivity contribution is 5.72. The summed E-state index contributed by atoms with van der Waals surface area (Å²) in [5.74, 6) is 0.662. The molecule has 1 aliphatic rings. The third kappa shape index (κ3) is 5.68. The second-order valence-corrected chi connectivity index (χ2v) is 6.38. The van der Waals surface area contributed by atoms with Crippen LogP contribution in [0, 0.1) is 5.92 Å². The van der Waals surface area contributed by atoms with Crippen LogP contribution in [0.1, 0.15) is 45.1 Å². The van der Waals surface area contributed by atoms with Crippen LogP contribution >= 0.6 is 0 Å². The summed E-state index contributed by atoms with van der Waals surface area (Å²) in [6.45, 7) is 4.39. The topological polar surface area (TPSA) is 44.8 Å². The first-order valence-electron chi connectivity index (χ1n) is 8.70. The SMILES string of the molecule is COc1ccc(CO[C@@H](C)[C@@H]2C/C=C\CCC[C@H](C)C(=O)O2)cc1. The molecule has 2 rings (SSSR count). The van der Waals surface area contributed by atoms with E-state index in [9.17, 15) is 4.79 Å². The fraction of sp³-hybridized carbons (Fsp3) is 0.550. The number of methoxy groups -OCH3 is 1. The van der Waals surface area contributed by atoms with E-state index in [1.54, 1.807) is 7.11 Å². The average molecular weight is 332 g/mol. The van der Waals surface area contributed by atoms with Gasteiger partial charge in [0.2, 0.25) is 0 Å². The summed E-state index contributed by atoms with van der Waals surface area (Å²) in [4.78, 5) is 12.2. The highest BCUT2D eigenvalue weighted by Crippen LogP contribution is 2.19. The minimum absolute atomic E-state index is 0.0483. The zero-order valence-electron chi connectivity index (χ0n) is 14.9. The first-order valence-corrected chi connectivity index (χ1v) is 8.70. The van der Waals surface area contributed by atoms with Crippen LogP contribution in [0.4, 0.5) is 0 Å². The Morgan fingerprint density at radius 3 is 2.71 bits per heavy atom. The molecule has 0 aromatic heterocycles. The van der Waals surface area contributed by atoms with Crippen molar-refractivity contribution in [3.63, 3.8) is 0 Å². The van der Waals surface area contributed by atoms with Crippen molar-refractivity contribution in [3.05, 3.63) is 42.0 Å². The minimum Gasteiger partial charge on any atom is -0.497 e. The molecule has 0 N–H and O–H groups in total. The van der Waals surface area contributed by atoms with Crippen molar-refractivity contribution >= 4 is 5.97 Å². The van der Waals surface area contributed by atoms with Gasteiger partial charge in [-0.25, -0.2) is 0 Å². The predicted molar refractivity (Wildman–Crippen MR) is 93.9 cm³/mol. The van der Waals surface area contributed by atoms with E-state index in [0.29, 0.717) is 13.0 Å². The second-order valence-electron chi connectivity index (χ2n) is 6.38. The zero-order valence-corrected chi connectivity index (χ0v) is 14.9. The molecule has 4 nitrogen and oxygen atoms in total. The molecule has 0 saturated carbocycles. The van der Waals surface area contributed by atoms with E-state index in [2.05, 4.69) is 12.2 Å². The summed E-state index contributed by atoms with van der Waals surface area (Å²) >= 11 is 0. The Hall–Kier alpha value is -1.81. The van der Waals surface area contributed by atoms with Crippen LogP contribution in [0.3, 0.4) is 0 Å². The Bertz CT molecular complexity index is 535. The highest BCUT2D eigenvalue weighted by Gasteiger charge is 2.24. The molecule has 0 radical (unpaired) electrons. The maximum Gasteiger partial charge on any atom is 0.309 e. The van der Waals surface area contributed by atoms with E-state index in [1.165, 1.54) is 0 Å². The lowest BCUT2D eigenvalue weighted by Gasteiger charge is -2.25. The normalized spacial score (nSPS) is 24.7. The third-order valence-electron chi connectivity index (χ3n) is 4.41. The van der Waals surface area contributed by atoms with Gasteiger partial charge in [-0.05, 0) is 43.9 Å². The van der Waals surface area contributed by atoms with Crippen LogP contribution in [-0.4, -0.2) is 25.3 Å². The van der Waals surface area contributed by atoms with Crippen LogP contribution in [0.2, 0.25) is 0 Å². The Balaban J connectivity index is 1.92. The van der Waals surface area contributed by atoms with Gasteiger partial charge in [-0.1, -0.05) is 31.2 Å². The van der Waals surface area contributed by atoms with Gasteiger partial charge in [0.25, 0.3) is 0 Å². The van der Waals surface area contributed by atoms with Gasteiger partial charge < -0.3 is 14.2 Å². The number of cyclic esters (lactones) is 1. The van der Waals surface area contributed by atoms with Crippen molar-refractivity contribution in [1.29, 1.82) is 0 Å². The Morgan fingerprint density at radius 1 is 1.25 bits per heavy atom. The van der Waals surface area contributed by atoms with Gasteiger partial charge in [0.1, 0.15) is 11.9 Å². The molecule has 0 unspecified atom stereocenters. The van der Waals surface area contributed by atoms with Crippen LogP contribution < -0.4 is 4.74 Å². The minimum atomic E-state index is -0.243. The summed E-state index contributed by atoms with van der Waals surface area (Å²) in [7, 11) is 1.65. The van der Waals surface area contributed by atoms with Crippen molar-refractivity contribution in [3.8, 4) is 5.75 Å². The number of carbonyl (C=O) groups is 1. The zero-order chi connectivity index (χ0) is 17.4. The second kappa shape index (κ2) is 9.48. The molecule has 1 aromatic carbocycles. The van der Waals surface area contributed by atoms with Crippen molar-refractivity contribution in [1.82, 2.24) is 0 Å². The van der Waals surface area contributed by atoms with Crippen molar-refractivity contribution in [2.24, 2.45) is 5.92 Å². The number of allylic oxidation sites excluding steroid dienone is 1. The maximum atomic E-state index is 12.2. The lowest BCUT2D eigenvalue weighted by atomic mass is 10.0. The standard InChI is InChI=1S/C20H28O4/c1-15-8-6-4-5-7-9-19(24-20(15)21)16(2)23-14-17-10-12-18(22-3)13-11-17/h5,7,10-13,15-16,19H,4,6,8-9,14H2,1-3H3/b7-5-/t15-,16-,19-/m0/s1. The summed E-state index contributed by atoms with van der Waals surface area (Å²) < 4.78 is 16.8. The Kier molecular flexibility index (Phi) is 7.32. The van der Waals surface area contributed by atoms with Gasteiger partial charge in [-0.3, -0.25) is 4.79 Å². The maximum absolute atomic E-state index is 12.2. The fourth-order valence-electron chi connectivity index (χ4n) is 2.67. The lowest BCUT2D eigenvalue weighted by molar-refractivity contribution is -0.161. The lowest BCUT2D eigenvalue weighted by Crippen LogP contribution is -2.33. The molecule has 0 bridgehead atoms. The molecule has 24 heavy (non-hydrogen) atoms. The highest BCUT2D eigenvalue weighted by atomic mass is 16.6. The molecule has 1 heterocycles. The van der Waals surface area contributed by atoms with Crippen LogP contribution in [0.5, 0.6) is 5.75 Å². The molecule has 0 spiro atoms. The first kappa shape index (κ1) is 18.5. The summed E-state index contributed by atoms with van der Waals surface area (Å²) in [5, 5.41) is 0. The van der Waals surface area contributed by atoms with Gasteiger partial charge in [0.15, 0.2) is 0 Å². The third-order valence-corrected chi connectivity index (χ3v) is 4.41. The monoisotopic (exact) mass is 332 g/mol. The first-order chi connectivity index (χ1) is 11.6. The van der Waals surface area contributed by atoms with Crippen LogP contribution in [0.15, 0.2) is 36.4 Å². The van der Waals surface area contributed by atoms with Gasteiger partial charge in [-0.15, -0.1) is 0 Å². The quantitative estimate of drug-likeness (QED) is 0.596. The van der Waals surface area contributed by atoms with Gasteiger partial charge >= 0.3 is 5.97 Å². The molecule has 0 fully saturated rings. The van der Waals surface area contributed by atoms with E-state index in [-0.39, 0.29) is 24.1 Å². The molecule has 1 aliphatic heterocycles. The Labute approximate surface area is 144 Å². The van der Waals surface area contributed by atoms with Crippen molar-refractivity contribution in [2.45, 2.75) is 58.3 Å². The van der Waals surface area contributed by atoms with E-state index in [1.807, 2.05) is 38.1 Å². The predicted octanol–water partition coefficient (Wildman–Crippen LogP) is 4.28. The number of rotatable bonds is 5. The Morgan fingerprint density at radius 2 is 2.00 bits per heavy atom. The number of hydrogen-bond acceptors (Lipinski definition) is 4. The molecular formula is C20H28O4. The van der Waals surface area contributed by atoms with Crippen LogP contribution in [0.25, 0.3) is 0 Å². The number of esters is 1. The van der Waals surface area contributed by atoms with Crippen molar-refractivity contribution in [2.75, 3.05) is 7.11 Å². The van der Waals surface area contributed by atoms with Gasteiger partial charge in [0.05, 0.1) is 25.7 Å². The molecule has 0 saturated heterocycles. The average Bonchev–Trinajstić information content (AvgIpc) is 2.61. The fourth-order valence-corrected chi connectivity index (χ4v) is 2.67. The smallest absolute Gasteiger partial charge is 0.309 e. The van der Waals surface area contributed by atoms with E-state index < -0.39 is 0 Å². The van der Waals surface area contributed by atoms with Gasteiger partial charge in [0, 0.05) is 6.42 Å². The summed E-state index contributed by atoms with van der Waals surface area (Å²) in [6, 6.07) is 7.79. The number of benzene rings is 1. The van der Waals surface area contributed by atoms with Crippen LogP contribution in [-0.2, 0) is 20.9 Å². The summed E-state index contributed by atoms with van der Waals surface area (Å²) in [5.41, 5.74) is 1.07. The molecular weight excluding hydrogens is 304 g/mol. The van der Waals surface area contributed by atoms with Crippen molar-refractivity contribution < 1.29 is 19.0 Å². The van der Waals surface area contributed by atoms with Gasteiger partial charge in [-0.2, -0.15) is 0 Å². The molecule has 4 heteroatoms. The molecule has 0 aliphatic carbocycles.